The van der Waals surface area contributed by atoms with E-state index >= 15 is 0 Å². The summed E-state index contributed by atoms with van der Waals surface area (Å²) in [5, 5.41) is 6.26. The van der Waals surface area contributed by atoms with Crippen LogP contribution in [0.5, 0.6) is 0 Å². The molecule has 1 saturated heterocycles. The van der Waals surface area contributed by atoms with Crippen molar-refractivity contribution in [2.75, 3.05) is 19.6 Å². The SMILES string of the molecule is O=C(NCC1CCCNC1)C1CC1c1cccc(C(F)(F)F)c1. The molecule has 1 aliphatic carbocycles. The molecule has 1 heterocycles. The largest absolute Gasteiger partial charge is 0.416 e. The van der Waals surface area contributed by atoms with Crippen molar-refractivity contribution in [1.82, 2.24) is 10.6 Å². The Hall–Kier alpha value is -1.56. The molecule has 3 nitrogen and oxygen atoms in total. The Balaban J connectivity index is 1.53. The Morgan fingerprint density at radius 1 is 1.35 bits per heavy atom. The van der Waals surface area contributed by atoms with Crippen LogP contribution in [0.15, 0.2) is 24.3 Å². The Bertz CT molecular complexity index is 567. The Morgan fingerprint density at radius 2 is 2.17 bits per heavy atom. The van der Waals surface area contributed by atoms with Crippen LogP contribution >= 0.6 is 0 Å². The van der Waals surface area contributed by atoms with Crippen LogP contribution in [0.3, 0.4) is 0 Å². The topological polar surface area (TPSA) is 41.1 Å². The van der Waals surface area contributed by atoms with Crippen molar-refractivity contribution in [2.24, 2.45) is 11.8 Å². The van der Waals surface area contributed by atoms with Gasteiger partial charge in [0, 0.05) is 12.5 Å². The second-order valence-corrected chi connectivity index (χ2v) is 6.53. The summed E-state index contributed by atoms with van der Waals surface area (Å²) < 4.78 is 38.2. The van der Waals surface area contributed by atoms with E-state index in [4.69, 9.17) is 0 Å². The fourth-order valence-corrected chi connectivity index (χ4v) is 3.27. The Labute approximate surface area is 133 Å². The third-order valence-electron chi connectivity index (χ3n) is 4.73. The van der Waals surface area contributed by atoms with Gasteiger partial charge >= 0.3 is 6.18 Å². The minimum absolute atomic E-state index is 0.0296. The molecule has 3 unspecified atom stereocenters. The van der Waals surface area contributed by atoms with Crippen molar-refractivity contribution in [1.29, 1.82) is 0 Å². The maximum absolute atomic E-state index is 12.7. The van der Waals surface area contributed by atoms with Gasteiger partial charge in [0.15, 0.2) is 0 Å². The van der Waals surface area contributed by atoms with E-state index in [0.717, 1.165) is 32.0 Å². The molecule has 1 aliphatic heterocycles. The lowest BCUT2D eigenvalue weighted by Gasteiger charge is -2.22. The van der Waals surface area contributed by atoms with Crippen molar-refractivity contribution in [3.63, 3.8) is 0 Å². The van der Waals surface area contributed by atoms with E-state index in [9.17, 15) is 18.0 Å². The summed E-state index contributed by atoms with van der Waals surface area (Å²) in [6.45, 7) is 2.60. The number of piperidine rings is 1. The molecule has 0 aromatic heterocycles. The molecule has 1 amide bonds. The van der Waals surface area contributed by atoms with Crippen molar-refractivity contribution < 1.29 is 18.0 Å². The normalized spacial score (nSPS) is 27.5. The van der Waals surface area contributed by atoms with Gasteiger partial charge in [-0.15, -0.1) is 0 Å². The average molecular weight is 326 g/mol. The van der Waals surface area contributed by atoms with Gasteiger partial charge in [0.2, 0.25) is 5.91 Å². The highest BCUT2D eigenvalue weighted by Gasteiger charge is 2.44. The number of carbonyl (C=O) groups excluding carboxylic acids is 1. The molecule has 1 aromatic carbocycles. The van der Waals surface area contributed by atoms with Gasteiger partial charge in [0.1, 0.15) is 0 Å². The van der Waals surface area contributed by atoms with Gasteiger partial charge in [-0.1, -0.05) is 18.2 Å². The second kappa shape index (κ2) is 6.51. The molecule has 3 rings (SSSR count). The van der Waals surface area contributed by atoms with Crippen LogP contribution in [-0.4, -0.2) is 25.5 Å². The first kappa shape index (κ1) is 16.3. The van der Waals surface area contributed by atoms with Crippen LogP contribution in [0.2, 0.25) is 0 Å². The highest BCUT2D eigenvalue weighted by molar-refractivity contribution is 5.82. The van der Waals surface area contributed by atoms with Crippen molar-refractivity contribution in [3.8, 4) is 0 Å². The van der Waals surface area contributed by atoms with Gasteiger partial charge in [-0.2, -0.15) is 13.2 Å². The fraction of sp³-hybridized carbons (Fsp3) is 0.588. The number of carbonyl (C=O) groups is 1. The predicted octanol–water partition coefficient (Wildman–Crippen LogP) is 2.92. The first-order chi connectivity index (χ1) is 10.9. The first-order valence-electron chi connectivity index (χ1n) is 8.11. The molecule has 2 fully saturated rings. The van der Waals surface area contributed by atoms with E-state index < -0.39 is 11.7 Å². The molecule has 6 heteroatoms. The van der Waals surface area contributed by atoms with Crippen LogP contribution in [-0.2, 0) is 11.0 Å². The van der Waals surface area contributed by atoms with E-state index in [-0.39, 0.29) is 17.7 Å². The maximum atomic E-state index is 12.7. The summed E-state index contributed by atoms with van der Waals surface area (Å²) in [6.07, 6.45) is -1.47. The third-order valence-corrected chi connectivity index (χ3v) is 4.73. The smallest absolute Gasteiger partial charge is 0.356 e. The number of alkyl halides is 3. The third kappa shape index (κ3) is 4.05. The average Bonchev–Trinajstić information content (AvgIpc) is 3.34. The molecule has 0 bridgehead atoms. The molecule has 1 aromatic rings. The Kier molecular flexibility index (Phi) is 4.62. The number of hydrogen-bond acceptors (Lipinski definition) is 2. The van der Waals surface area contributed by atoms with E-state index in [1.165, 1.54) is 12.1 Å². The summed E-state index contributed by atoms with van der Waals surface area (Å²) in [5.41, 5.74) is -0.0337. The molecular formula is C17H21F3N2O. The fourth-order valence-electron chi connectivity index (χ4n) is 3.27. The lowest BCUT2D eigenvalue weighted by atomic mass is 9.99. The van der Waals surface area contributed by atoms with Crippen molar-refractivity contribution >= 4 is 5.91 Å². The lowest BCUT2D eigenvalue weighted by Crippen LogP contribution is -2.38. The summed E-state index contributed by atoms with van der Waals surface area (Å²) in [5.74, 6) is 0.160. The molecule has 0 spiro atoms. The minimum atomic E-state index is -4.34. The number of nitrogens with one attached hydrogen (secondary N) is 2. The van der Waals surface area contributed by atoms with Crippen molar-refractivity contribution in [3.05, 3.63) is 35.4 Å². The van der Waals surface area contributed by atoms with Crippen LogP contribution in [0.25, 0.3) is 0 Å². The van der Waals surface area contributed by atoms with Gasteiger partial charge in [-0.05, 0) is 55.8 Å². The molecule has 3 atom stereocenters. The number of benzene rings is 1. The predicted molar refractivity (Wildman–Crippen MR) is 80.9 cm³/mol. The molecular weight excluding hydrogens is 305 g/mol. The highest BCUT2D eigenvalue weighted by atomic mass is 19.4. The maximum Gasteiger partial charge on any atom is 0.416 e. The van der Waals surface area contributed by atoms with Crippen LogP contribution < -0.4 is 10.6 Å². The quantitative estimate of drug-likeness (QED) is 0.893. The summed E-state index contributed by atoms with van der Waals surface area (Å²) in [4.78, 5) is 12.2. The molecule has 23 heavy (non-hydrogen) atoms. The zero-order valence-electron chi connectivity index (χ0n) is 12.8. The molecule has 126 valence electrons. The molecule has 2 aliphatic rings. The number of rotatable bonds is 4. The lowest BCUT2D eigenvalue weighted by molar-refractivity contribution is -0.137. The van der Waals surface area contributed by atoms with E-state index in [1.807, 2.05) is 0 Å². The monoisotopic (exact) mass is 326 g/mol. The van der Waals surface area contributed by atoms with E-state index in [2.05, 4.69) is 10.6 Å². The van der Waals surface area contributed by atoms with E-state index in [0.29, 0.717) is 24.4 Å². The second-order valence-electron chi connectivity index (χ2n) is 6.53. The summed E-state index contributed by atoms with van der Waals surface area (Å²) >= 11 is 0. The zero-order valence-corrected chi connectivity index (χ0v) is 12.8. The van der Waals surface area contributed by atoms with E-state index in [1.54, 1.807) is 6.07 Å². The van der Waals surface area contributed by atoms with Gasteiger partial charge in [0.05, 0.1) is 5.56 Å². The van der Waals surface area contributed by atoms with Gasteiger partial charge in [0.25, 0.3) is 0 Å². The molecule has 1 saturated carbocycles. The standard InChI is InChI=1S/C17H21F3N2O/c18-17(19,20)13-5-1-4-12(7-13)14-8-15(14)16(23)22-10-11-3-2-6-21-9-11/h1,4-5,7,11,14-15,21H,2-3,6,8-10H2,(H,22,23). The molecule has 0 radical (unpaired) electrons. The van der Waals surface area contributed by atoms with Crippen LogP contribution in [0, 0.1) is 11.8 Å². The summed E-state index contributed by atoms with van der Waals surface area (Å²) in [7, 11) is 0. The first-order valence-corrected chi connectivity index (χ1v) is 8.11. The van der Waals surface area contributed by atoms with Gasteiger partial charge in [-0.3, -0.25) is 4.79 Å². The number of halogens is 3. The minimum Gasteiger partial charge on any atom is -0.356 e. The zero-order chi connectivity index (χ0) is 16.4. The Morgan fingerprint density at radius 3 is 2.87 bits per heavy atom. The van der Waals surface area contributed by atoms with Gasteiger partial charge in [-0.25, -0.2) is 0 Å². The molecule has 2 N–H and O–H groups in total. The highest BCUT2D eigenvalue weighted by Crippen LogP contribution is 2.48. The van der Waals surface area contributed by atoms with Crippen molar-refractivity contribution in [2.45, 2.75) is 31.4 Å². The number of hydrogen-bond donors (Lipinski definition) is 2. The van der Waals surface area contributed by atoms with Crippen LogP contribution in [0.1, 0.15) is 36.3 Å². The summed E-state index contributed by atoms with van der Waals surface area (Å²) in [6, 6.07) is 5.33. The van der Waals surface area contributed by atoms with Gasteiger partial charge < -0.3 is 10.6 Å². The number of amides is 1. The van der Waals surface area contributed by atoms with Crippen LogP contribution in [0.4, 0.5) is 13.2 Å².